The molecule has 0 saturated carbocycles. The SMILES string of the molecule is C=CCn1c(SCC(=O)c2cc3c(cc2Cl)NC(=O)C3)nnc1-c1ccc(Br)cc1. The number of carbonyl (C=O) groups is 2. The van der Waals surface area contributed by atoms with E-state index in [0.29, 0.717) is 33.8 Å². The molecule has 0 aliphatic carbocycles. The zero-order chi connectivity index (χ0) is 21.3. The number of Topliss-reactive ketones (excluding diaryl/α,β-unsaturated/α-hetero) is 1. The summed E-state index contributed by atoms with van der Waals surface area (Å²) in [6.07, 6.45) is 2.02. The van der Waals surface area contributed by atoms with E-state index in [1.807, 2.05) is 28.8 Å². The molecule has 0 bridgehead atoms. The van der Waals surface area contributed by atoms with Gasteiger partial charge in [-0.05, 0) is 29.8 Å². The molecule has 1 aliphatic heterocycles. The number of aromatic nitrogens is 3. The van der Waals surface area contributed by atoms with E-state index >= 15 is 0 Å². The third kappa shape index (κ3) is 4.21. The van der Waals surface area contributed by atoms with Gasteiger partial charge in [0.1, 0.15) is 0 Å². The Morgan fingerprint density at radius 3 is 2.80 bits per heavy atom. The van der Waals surface area contributed by atoms with Crippen LogP contribution in [0.5, 0.6) is 0 Å². The van der Waals surface area contributed by atoms with Crippen molar-refractivity contribution >= 4 is 56.7 Å². The highest BCUT2D eigenvalue weighted by atomic mass is 79.9. The van der Waals surface area contributed by atoms with Crippen LogP contribution in [-0.2, 0) is 17.8 Å². The minimum Gasteiger partial charge on any atom is -0.325 e. The van der Waals surface area contributed by atoms with Crippen molar-refractivity contribution in [3.63, 3.8) is 0 Å². The summed E-state index contributed by atoms with van der Waals surface area (Å²) < 4.78 is 2.89. The van der Waals surface area contributed by atoms with Crippen LogP contribution in [0, 0.1) is 0 Å². The minimum absolute atomic E-state index is 0.0990. The van der Waals surface area contributed by atoms with Gasteiger partial charge in [0.15, 0.2) is 16.8 Å². The summed E-state index contributed by atoms with van der Waals surface area (Å²) in [5.41, 5.74) is 2.77. The maximum Gasteiger partial charge on any atom is 0.228 e. The van der Waals surface area contributed by atoms with Gasteiger partial charge in [-0.1, -0.05) is 57.5 Å². The van der Waals surface area contributed by atoms with Gasteiger partial charge in [0.2, 0.25) is 5.91 Å². The van der Waals surface area contributed by atoms with Crippen LogP contribution < -0.4 is 5.32 Å². The standard InChI is InChI=1S/C21H16BrClN4O2S/c1-2-7-27-20(12-3-5-14(22)6-4-12)25-26-21(27)30-11-18(28)15-8-13-9-19(29)24-17(13)10-16(15)23/h2-6,8,10H,1,7,9,11H2,(H,24,29). The van der Waals surface area contributed by atoms with Gasteiger partial charge in [0.05, 0.1) is 17.2 Å². The van der Waals surface area contributed by atoms with Crippen LogP contribution in [0.25, 0.3) is 11.4 Å². The molecular weight excluding hydrogens is 488 g/mol. The second-order valence-corrected chi connectivity index (χ2v) is 8.90. The number of thioether (sulfide) groups is 1. The van der Waals surface area contributed by atoms with E-state index in [9.17, 15) is 9.59 Å². The van der Waals surface area contributed by atoms with Gasteiger partial charge < -0.3 is 5.32 Å². The molecule has 152 valence electrons. The molecule has 4 rings (SSSR count). The van der Waals surface area contributed by atoms with Crippen molar-refractivity contribution in [2.45, 2.75) is 18.1 Å². The van der Waals surface area contributed by atoms with Gasteiger partial charge in [-0.15, -0.1) is 16.8 Å². The summed E-state index contributed by atoms with van der Waals surface area (Å²) in [5.74, 6) is 0.621. The molecule has 9 heteroatoms. The zero-order valence-electron chi connectivity index (χ0n) is 15.7. The molecule has 0 unspecified atom stereocenters. The Labute approximate surface area is 190 Å². The van der Waals surface area contributed by atoms with Crippen LogP contribution in [0.2, 0.25) is 5.02 Å². The zero-order valence-corrected chi connectivity index (χ0v) is 18.9. The van der Waals surface area contributed by atoms with E-state index in [2.05, 4.69) is 38.0 Å². The molecule has 2 aromatic carbocycles. The second kappa shape index (κ2) is 8.75. The predicted octanol–water partition coefficient (Wildman–Crippen LogP) is 5.02. The Bertz CT molecular complexity index is 1160. The van der Waals surface area contributed by atoms with E-state index in [1.165, 1.54) is 11.8 Å². The fraction of sp³-hybridized carbons (Fsp3) is 0.143. The Hall–Kier alpha value is -2.42. The molecular formula is C21H16BrClN4O2S. The summed E-state index contributed by atoms with van der Waals surface area (Å²) in [5, 5.41) is 12.2. The molecule has 30 heavy (non-hydrogen) atoms. The van der Waals surface area contributed by atoms with Gasteiger partial charge in [-0.25, -0.2) is 0 Å². The Balaban J connectivity index is 1.55. The third-order valence-corrected chi connectivity index (χ3v) is 6.39. The lowest BCUT2D eigenvalue weighted by Gasteiger charge is -2.09. The van der Waals surface area contributed by atoms with E-state index in [0.717, 1.165) is 15.6 Å². The average Bonchev–Trinajstić information content (AvgIpc) is 3.28. The molecule has 0 fully saturated rings. The largest absolute Gasteiger partial charge is 0.325 e. The molecule has 1 aromatic heterocycles. The lowest BCUT2D eigenvalue weighted by molar-refractivity contribution is -0.115. The number of ketones is 1. The summed E-state index contributed by atoms with van der Waals surface area (Å²) in [7, 11) is 0. The number of anilines is 1. The first-order chi connectivity index (χ1) is 14.5. The number of rotatable bonds is 7. The second-order valence-electron chi connectivity index (χ2n) is 6.64. The molecule has 1 amide bonds. The lowest BCUT2D eigenvalue weighted by atomic mass is 10.1. The van der Waals surface area contributed by atoms with Crippen molar-refractivity contribution in [2.75, 3.05) is 11.1 Å². The van der Waals surface area contributed by atoms with Crippen LogP contribution in [0.3, 0.4) is 0 Å². The Morgan fingerprint density at radius 2 is 2.07 bits per heavy atom. The number of hydrogen-bond donors (Lipinski definition) is 1. The van der Waals surface area contributed by atoms with Crippen molar-refractivity contribution in [1.82, 2.24) is 14.8 Å². The normalized spacial score (nSPS) is 12.5. The maximum absolute atomic E-state index is 12.8. The molecule has 0 radical (unpaired) electrons. The molecule has 6 nitrogen and oxygen atoms in total. The maximum atomic E-state index is 12.8. The smallest absolute Gasteiger partial charge is 0.228 e. The highest BCUT2D eigenvalue weighted by Crippen LogP contribution is 2.31. The highest BCUT2D eigenvalue weighted by molar-refractivity contribution is 9.10. The van der Waals surface area contributed by atoms with Crippen LogP contribution >= 0.6 is 39.3 Å². The van der Waals surface area contributed by atoms with Crippen LogP contribution in [0.1, 0.15) is 15.9 Å². The number of nitrogens with one attached hydrogen (secondary N) is 1. The van der Waals surface area contributed by atoms with Gasteiger partial charge in [0.25, 0.3) is 0 Å². The highest BCUT2D eigenvalue weighted by Gasteiger charge is 2.23. The quantitative estimate of drug-likeness (QED) is 0.278. The van der Waals surface area contributed by atoms with Crippen molar-refractivity contribution < 1.29 is 9.59 Å². The topological polar surface area (TPSA) is 76.9 Å². The number of benzene rings is 2. The van der Waals surface area contributed by atoms with Gasteiger partial charge in [-0.2, -0.15) is 0 Å². The summed E-state index contributed by atoms with van der Waals surface area (Å²) in [6, 6.07) is 11.1. The minimum atomic E-state index is -0.134. The average molecular weight is 504 g/mol. The fourth-order valence-electron chi connectivity index (χ4n) is 3.17. The van der Waals surface area contributed by atoms with Crippen molar-refractivity contribution in [1.29, 1.82) is 0 Å². The van der Waals surface area contributed by atoms with E-state index in [-0.39, 0.29) is 23.9 Å². The first-order valence-corrected chi connectivity index (χ1v) is 11.2. The number of amides is 1. The van der Waals surface area contributed by atoms with Gasteiger partial charge in [0, 0.05) is 27.8 Å². The van der Waals surface area contributed by atoms with Crippen LogP contribution in [-0.4, -0.2) is 32.2 Å². The lowest BCUT2D eigenvalue weighted by Crippen LogP contribution is -2.06. The molecule has 3 aromatic rings. The molecule has 2 heterocycles. The summed E-state index contributed by atoms with van der Waals surface area (Å²) in [4.78, 5) is 24.4. The molecule has 1 N–H and O–H groups in total. The van der Waals surface area contributed by atoms with Gasteiger partial charge >= 0.3 is 0 Å². The first-order valence-electron chi connectivity index (χ1n) is 9.04. The summed E-state index contributed by atoms with van der Waals surface area (Å²) in [6.45, 7) is 4.32. The number of halogens is 2. The number of allylic oxidation sites excluding steroid dienone is 1. The van der Waals surface area contributed by atoms with E-state index in [1.54, 1.807) is 18.2 Å². The summed E-state index contributed by atoms with van der Waals surface area (Å²) >= 11 is 11.0. The van der Waals surface area contributed by atoms with Crippen molar-refractivity contribution in [2.24, 2.45) is 0 Å². The fourth-order valence-corrected chi connectivity index (χ4v) is 4.54. The number of carbonyl (C=O) groups excluding carboxylic acids is 2. The van der Waals surface area contributed by atoms with Crippen molar-refractivity contribution in [3.8, 4) is 11.4 Å². The number of nitrogens with zero attached hydrogens (tertiary/aromatic N) is 3. The monoisotopic (exact) mass is 502 g/mol. The van der Waals surface area contributed by atoms with E-state index < -0.39 is 0 Å². The first kappa shape index (κ1) is 20.8. The molecule has 0 spiro atoms. The predicted molar refractivity (Wildman–Crippen MR) is 122 cm³/mol. The van der Waals surface area contributed by atoms with Crippen LogP contribution in [0.4, 0.5) is 5.69 Å². The third-order valence-electron chi connectivity index (χ3n) is 4.58. The molecule has 1 aliphatic rings. The van der Waals surface area contributed by atoms with Crippen LogP contribution in [0.15, 0.2) is 58.7 Å². The Morgan fingerprint density at radius 1 is 1.30 bits per heavy atom. The number of hydrogen-bond acceptors (Lipinski definition) is 5. The number of fused-ring (bicyclic) bond motifs is 1. The van der Waals surface area contributed by atoms with E-state index in [4.69, 9.17) is 11.6 Å². The molecule has 0 atom stereocenters. The van der Waals surface area contributed by atoms with Crippen molar-refractivity contribution in [3.05, 3.63) is 69.7 Å². The Kier molecular flexibility index (Phi) is 6.08. The molecule has 0 saturated heterocycles. The van der Waals surface area contributed by atoms with Gasteiger partial charge in [-0.3, -0.25) is 14.2 Å².